The molecule has 0 amide bonds. The number of pyridine rings is 1. The summed E-state index contributed by atoms with van der Waals surface area (Å²) in [5, 5.41) is 8.69. The lowest BCUT2D eigenvalue weighted by atomic mass is 10.1. The Hall–Kier alpha value is -3.72. The van der Waals surface area contributed by atoms with E-state index in [0.29, 0.717) is 30.6 Å². The molecule has 4 aromatic rings. The van der Waals surface area contributed by atoms with Gasteiger partial charge in [0, 0.05) is 18.0 Å². The molecule has 0 unspecified atom stereocenters. The van der Waals surface area contributed by atoms with Crippen molar-refractivity contribution in [3.63, 3.8) is 0 Å². The zero-order chi connectivity index (χ0) is 19.2. The topological polar surface area (TPSA) is 97.3 Å². The van der Waals surface area contributed by atoms with Gasteiger partial charge in [-0.2, -0.15) is 10.1 Å². The first-order valence-corrected chi connectivity index (χ1v) is 9.16. The van der Waals surface area contributed by atoms with Crippen molar-refractivity contribution in [3.05, 3.63) is 60.0 Å². The van der Waals surface area contributed by atoms with Crippen LogP contribution in [0.1, 0.15) is 17.4 Å². The van der Waals surface area contributed by atoms with Gasteiger partial charge in [-0.05, 0) is 35.9 Å². The Labute approximate surface area is 164 Å². The van der Waals surface area contributed by atoms with Crippen molar-refractivity contribution in [1.82, 2.24) is 24.9 Å². The van der Waals surface area contributed by atoms with E-state index in [-0.39, 0.29) is 12.9 Å². The van der Waals surface area contributed by atoms with E-state index in [4.69, 9.17) is 18.7 Å². The zero-order valence-electron chi connectivity index (χ0n) is 15.2. The molecule has 9 heteroatoms. The van der Waals surface area contributed by atoms with E-state index in [2.05, 4.69) is 20.2 Å². The molecule has 6 rings (SSSR count). The summed E-state index contributed by atoms with van der Waals surface area (Å²) in [4.78, 5) is 8.46. The summed E-state index contributed by atoms with van der Waals surface area (Å²) in [6.45, 7) is 1.28. The second-order valence-electron chi connectivity index (χ2n) is 6.77. The van der Waals surface area contributed by atoms with Crippen LogP contribution in [0.25, 0.3) is 23.0 Å². The molecular weight excluding hydrogens is 374 g/mol. The van der Waals surface area contributed by atoms with Crippen molar-refractivity contribution >= 4 is 0 Å². The van der Waals surface area contributed by atoms with Gasteiger partial charge >= 0.3 is 0 Å². The molecule has 2 aliphatic heterocycles. The molecule has 0 spiro atoms. The van der Waals surface area contributed by atoms with Gasteiger partial charge in [-0.25, -0.2) is 0 Å². The molecule has 0 bridgehead atoms. The summed E-state index contributed by atoms with van der Waals surface area (Å²) in [6.07, 6.45) is 3.25. The summed E-state index contributed by atoms with van der Waals surface area (Å²) in [7, 11) is 0. The Kier molecular flexibility index (Phi) is 3.60. The molecule has 29 heavy (non-hydrogen) atoms. The standard InChI is InChI=1S/C20H15N5O4/c1-2-16-17(28-11-27-16)7-13(1)18-9-25-14(10-26-18)8-15(23-25)20-22-19(24-29-20)12-3-5-21-6-4-12/h1-8,18H,9-11H2/t18-/m1/s1. The average Bonchev–Trinajstić information content (AvgIpc) is 3.52. The molecule has 3 aromatic heterocycles. The highest BCUT2D eigenvalue weighted by atomic mass is 16.7. The van der Waals surface area contributed by atoms with Gasteiger partial charge in [-0.1, -0.05) is 11.2 Å². The van der Waals surface area contributed by atoms with Gasteiger partial charge in [0.15, 0.2) is 17.2 Å². The fraction of sp³-hybridized carbons (Fsp3) is 0.200. The third-order valence-corrected chi connectivity index (χ3v) is 4.99. The van der Waals surface area contributed by atoms with Gasteiger partial charge in [-0.15, -0.1) is 0 Å². The molecule has 0 saturated carbocycles. The van der Waals surface area contributed by atoms with Gasteiger partial charge in [0.25, 0.3) is 5.89 Å². The van der Waals surface area contributed by atoms with Gasteiger partial charge in [0.05, 0.1) is 18.8 Å². The highest BCUT2D eigenvalue weighted by molar-refractivity contribution is 5.57. The van der Waals surface area contributed by atoms with Gasteiger partial charge < -0.3 is 18.7 Å². The normalized spacial score (nSPS) is 17.3. The number of fused-ring (bicyclic) bond motifs is 2. The largest absolute Gasteiger partial charge is 0.454 e. The number of hydrogen-bond acceptors (Lipinski definition) is 8. The lowest BCUT2D eigenvalue weighted by molar-refractivity contribution is -0.00122. The van der Waals surface area contributed by atoms with Crippen LogP contribution in [0.2, 0.25) is 0 Å². The monoisotopic (exact) mass is 389 g/mol. The predicted octanol–water partition coefficient (Wildman–Crippen LogP) is 3.00. The molecule has 0 radical (unpaired) electrons. The maximum Gasteiger partial charge on any atom is 0.278 e. The van der Waals surface area contributed by atoms with Crippen molar-refractivity contribution in [2.24, 2.45) is 0 Å². The minimum atomic E-state index is -0.125. The van der Waals surface area contributed by atoms with Crippen molar-refractivity contribution in [1.29, 1.82) is 0 Å². The molecule has 1 aromatic carbocycles. The smallest absolute Gasteiger partial charge is 0.278 e. The van der Waals surface area contributed by atoms with Crippen LogP contribution in [0, 0.1) is 0 Å². The Morgan fingerprint density at radius 3 is 2.83 bits per heavy atom. The van der Waals surface area contributed by atoms with Gasteiger partial charge in [0.2, 0.25) is 12.6 Å². The van der Waals surface area contributed by atoms with Gasteiger partial charge in [0.1, 0.15) is 6.10 Å². The summed E-state index contributed by atoms with van der Waals surface area (Å²) in [5.41, 5.74) is 3.45. The number of hydrogen-bond donors (Lipinski definition) is 0. The number of aromatic nitrogens is 5. The van der Waals surface area contributed by atoms with Crippen LogP contribution in [0.4, 0.5) is 0 Å². The second kappa shape index (κ2) is 6.42. The highest BCUT2D eigenvalue weighted by Crippen LogP contribution is 2.37. The third kappa shape index (κ3) is 2.83. The first kappa shape index (κ1) is 16.3. The Morgan fingerprint density at radius 2 is 1.90 bits per heavy atom. The van der Waals surface area contributed by atoms with Crippen LogP contribution in [-0.4, -0.2) is 31.7 Å². The van der Waals surface area contributed by atoms with E-state index in [9.17, 15) is 0 Å². The van der Waals surface area contributed by atoms with Crippen molar-refractivity contribution in [2.45, 2.75) is 19.3 Å². The van der Waals surface area contributed by atoms with E-state index in [1.807, 2.05) is 41.1 Å². The van der Waals surface area contributed by atoms with Crippen LogP contribution < -0.4 is 9.47 Å². The molecule has 9 nitrogen and oxygen atoms in total. The van der Waals surface area contributed by atoms with Crippen LogP contribution in [0.5, 0.6) is 11.5 Å². The predicted molar refractivity (Wildman–Crippen MR) is 98.8 cm³/mol. The molecule has 0 N–H and O–H groups in total. The number of rotatable bonds is 3. The van der Waals surface area contributed by atoms with Crippen LogP contribution >= 0.6 is 0 Å². The lowest BCUT2D eigenvalue weighted by Crippen LogP contribution is -2.21. The number of ether oxygens (including phenoxy) is 3. The fourth-order valence-corrected chi connectivity index (χ4v) is 3.49. The summed E-state index contributed by atoms with van der Waals surface area (Å²) < 4.78 is 24.2. The minimum Gasteiger partial charge on any atom is -0.454 e. The molecule has 144 valence electrons. The van der Waals surface area contributed by atoms with E-state index in [0.717, 1.165) is 28.3 Å². The van der Waals surface area contributed by atoms with Gasteiger partial charge in [-0.3, -0.25) is 9.67 Å². The van der Waals surface area contributed by atoms with Crippen LogP contribution in [0.3, 0.4) is 0 Å². The van der Waals surface area contributed by atoms with E-state index in [1.165, 1.54) is 0 Å². The minimum absolute atomic E-state index is 0.125. The molecule has 0 aliphatic carbocycles. The molecule has 5 heterocycles. The second-order valence-corrected chi connectivity index (χ2v) is 6.77. The maximum atomic E-state index is 6.04. The number of benzene rings is 1. The first-order chi connectivity index (χ1) is 14.3. The van der Waals surface area contributed by atoms with Crippen molar-refractivity contribution in [3.8, 4) is 34.5 Å². The third-order valence-electron chi connectivity index (χ3n) is 4.99. The average molecular weight is 389 g/mol. The van der Waals surface area contributed by atoms with Crippen molar-refractivity contribution < 1.29 is 18.7 Å². The Morgan fingerprint density at radius 1 is 1.00 bits per heavy atom. The fourth-order valence-electron chi connectivity index (χ4n) is 3.49. The quantitative estimate of drug-likeness (QED) is 0.527. The summed E-state index contributed by atoms with van der Waals surface area (Å²) in [6, 6.07) is 11.4. The molecule has 0 saturated heterocycles. The summed E-state index contributed by atoms with van der Waals surface area (Å²) in [5.74, 6) is 2.38. The zero-order valence-corrected chi connectivity index (χ0v) is 15.2. The van der Waals surface area contributed by atoms with Crippen LogP contribution in [-0.2, 0) is 17.9 Å². The summed E-state index contributed by atoms with van der Waals surface area (Å²) >= 11 is 0. The lowest BCUT2D eigenvalue weighted by Gasteiger charge is -2.24. The number of nitrogens with zero attached hydrogens (tertiary/aromatic N) is 5. The Balaban J connectivity index is 1.26. The Bertz CT molecular complexity index is 1190. The van der Waals surface area contributed by atoms with E-state index in [1.54, 1.807) is 12.4 Å². The van der Waals surface area contributed by atoms with Crippen LogP contribution in [0.15, 0.2) is 53.3 Å². The molecule has 2 aliphatic rings. The highest BCUT2D eigenvalue weighted by Gasteiger charge is 2.26. The maximum absolute atomic E-state index is 6.04. The van der Waals surface area contributed by atoms with E-state index >= 15 is 0 Å². The van der Waals surface area contributed by atoms with Crippen molar-refractivity contribution in [2.75, 3.05) is 6.79 Å². The van der Waals surface area contributed by atoms with E-state index < -0.39 is 0 Å². The SMILES string of the molecule is c1cc(-c2noc(-c3cc4n(n3)C[C@H](c3ccc5c(c3)OCO5)OC4)n2)ccn1. The molecule has 0 fully saturated rings. The first-order valence-electron chi connectivity index (χ1n) is 9.16. The molecule has 1 atom stereocenters. The molecular formula is C20H15N5O4.